The second-order valence-corrected chi connectivity index (χ2v) is 5.08. The van der Waals surface area contributed by atoms with Crippen LogP contribution in [-0.2, 0) is 17.8 Å². The van der Waals surface area contributed by atoms with Gasteiger partial charge in [-0.1, -0.05) is 11.6 Å². The Morgan fingerprint density at radius 2 is 2.20 bits per heavy atom. The Hall–Kier alpha value is -1.47. The standard InChI is InChI=1S/C13H22N4O3/c1-10(17-7-3-2-4-8-17)13(19)14-6-5-11-15-12(9-18)20-16-11/h10,18H,2-9H2,1H3,(H,14,19)/t10-/m0/s1. The molecule has 2 N–H and O–H groups in total. The van der Waals surface area contributed by atoms with Crippen LogP contribution in [0.15, 0.2) is 4.52 Å². The summed E-state index contributed by atoms with van der Waals surface area (Å²) in [7, 11) is 0. The lowest BCUT2D eigenvalue weighted by Gasteiger charge is -2.31. The van der Waals surface area contributed by atoms with E-state index in [1.54, 1.807) is 0 Å². The third-order valence-electron chi connectivity index (χ3n) is 3.61. The molecule has 0 aromatic carbocycles. The highest BCUT2D eigenvalue weighted by atomic mass is 16.5. The summed E-state index contributed by atoms with van der Waals surface area (Å²) in [6.45, 7) is 4.16. The fourth-order valence-electron chi connectivity index (χ4n) is 2.37. The zero-order valence-electron chi connectivity index (χ0n) is 11.8. The summed E-state index contributed by atoms with van der Waals surface area (Å²) < 4.78 is 4.78. The van der Waals surface area contributed by atoms with Crippen LogP contribution in [0.25, 0.3) is 0 Å². The van der Waals surface area contributed by atoms with Crippen molar-refractivity contribution in [2.75, 3.05) is 19.6 Å². The van der Waals surface area contributed by atoms with Crippen LogP contribution in [0.3, 0.4) is 0 Å². The maximum Gasteiger partial charge on any atom is 0.252 e. The summed E-state index contributed by atoms with van der Waals surface area (Å²) >= 11 is 0. The van der Waals surface area contributed by atoms with Crippen LogP contribution in [0.2, 0.25) is 0 Å². The van der Waals surface area contributed by atoms with Gasteiger partial charge in [-0.3, -0.25) is 9.69 Å². The maximum absolute atomic E-state index is 12.0. The Bertz CT molecular complexity index is 429. The van der Waals surface area contributed by atoms with Crippen LogP contribution >= 0.6 is 0 Å². The number of nitrogens with one attached hydrogen (secondary N) is 1. The fourth-order valence-corrected chi connectivity index (χ4v) is 2.37. The van der Waals surface area contributed by atoms with E-state index in [2.05, 4.69) is 20.4 Å². The molecule has 2 rings (SSSR count). The van der Waals surface area contributed by atoms with Crippen LogP contribution in [0, 0.1) is 0 Å². The Balaban J connectivity index is 1.71. The smallest absolute Gasteiger partial charge is 0.252 e. The lowest BCUT2D eigenvalue weighted by molar-refractivity contribution is -0.126. The van der Waals surface area contributed by atoms with Gasteiger partial charge in [0.1, 0.15) is 6.61 Å². The fraction of sp³-hybridized carbons (Fsp3) is 0.769. The minimum atomic E-state index is -0.259. The van der Waals surface area contributed by atoms with Crippen molar-refractivity contribution >= 4 is 5.91 Å². The summed E-state index contributed by atoms with van der Waals surface area (Å²) in [6.07, 6.45) is 4.10. The highest BCUT2D eigenvalue weighted by molar-refractivity contribution is 5.81. The molecule has 1 amide bonds. The van der Waals surface area contributed by atoms with Crippen molar-refractivity contribution in [1.82, 2.24) is 20.4 Å². The lowest BCUT2D eigenvalue weighted by atomic mass is 10.1. The molecule has 1 saturated heterocycles. The largest absolute Gasteiger partial charge is 0.387 e. The Labute approximate surface area is 118 Å². The van der Waals surface area contributed by atoms with E-state index in [1.807, 2.05) is 6.92 Å². The van der Waals surface area contributed by atoms with E-state index < -0.39 is 0 Å². The first-order valence-corrected chi connectivity index (χ1v) is 7.15. The molecule has 2 heterocycles. The van der Waals surface area contributed by atoms with Crippen LogP contribution < -0.4 is 5.32 Å². The number of aliphatic hydroxyl groups is 1. The van der Waals surface area contributed by atoms with Crippen molar-refractivity contribution < 1.29 is 14.4 Å². The average molecular weight is 282 g/mol. The molecule has 1 aliphatic rings. The molecular weight excluding hydrogens is 260 g/mol. The van der Waals surface area contributed by atoms with E-state index in [4.69, 9.17) is 9.63 Å². The van der Waals surface area contributed by atoms with Gasteiger partial charge < -0.3 is 14.9 Å². The SMILES string of the molecule is C[C@@H](C(=O)NCCc1noc(CO)n1)N1CCCCC1. The quantitative estimate of drug-likeness (QED) is 0.768. The third-order valence-corrected chi connectivity index (χ3v) is 3.61. The molecule has 1 fully saturated rings. The van der Waals surface area contributed by atoms with E-state index in [-0.39, 0.29) is 24.4 Å². The van der Waals surface area contributed by atoms with Crippen molar-refractivity contribution in [3.63, 3.8) is 0 Å². The van der Waals surface area contributed by atoms with Crippen LogP contribution in [-0.4, -0.2) is 51.7 Å². The van der Waals surface area contributed by atoms with Gasteiger partial charge >= 0.3 is 0 Å². The summed E-state index contributed by atoms with van der Waals surface area (Å²) in [5, 5.41) is 15.4. The van der Waals surface area contributed by atoms with Crippen molar-refractivity contribution in [2.24, 2.45) is 0 Å². The van der Waals surface area contributed by atoms with Gasteiger partial charge in [0, 0.05) is 13.0 Å². The van der Waals surface area contributed by atoms with E-state index >= 15 is 0 Å². The van der Waals surface area contributed by atoms with E-state index in [0.717, 1.165) is 13.1 Å². The van der Waals surface area contributed by atoms with Crippen molar-refractivity contribution in [2.45, 2.75) is 45.3 Å². The minimum Gasteiger partial charge on any atom is -0.387 e. The summed E-state index contributed by atoms with van der Waals surface area (Å²) in [5.74, 6) is 0.741. The monoisotopic (exact) mass is 282 g/mol. The number of piperidine rings is 1. The number of rotatable bonds is 6. The highest BCUT2D eigenvalue weighted by Gasteiger charge is 2.22. The number of carbonyl (C=O) groups excluding carboxylic acids is 1. The van der Waals surface area contributed by atoms with Crippen molar-refractivity contribution in [1.29, 1.82) is 0 Å². The second kappa shape index (κ2) is 7.35. The molecule has 0 saturated carbocycles. The number of amides is 1. The lowest BCUT2D eigenvalue weighted by Crippen LogP contribution is -2.47. The molecule has 112 valence electrons. The molecule has 20 heavy (non-hydrogen) atoms. The molecular formula is C13H22N4O3. The Kier molecular flexibility index (Phi) is 5.49. The summed E-state index contributed by atoms with van der Waals surface area (Å²) in [5.41, 5.74) is 0. The first-order chi connectivity index (χ1) is 9.70. The number of carbonyl (C=O) groups is 1. The highest BCUT2D eigenvalue weighted by Crippen LogP contribution is 2.11. The maximum atomic E-state index is 12.0. The van der Waals surface area contributed by atoms with E-state index in [1.165, 1.54) is 19.3 Å². The molecule has 7 heteroatoms. The summed E-state index contributed by atoms with van der Waals surface area (Å²) in [6, 6.07) is -0.0893. The first-order valence-electron chi connectivity index (χ1n) is 7.15. The zero-order chi connectivity index (χ0) is 14.4. The van der Waals surface area contributed by atoms with Crippen LogP contribution in [0.4, 0.5) is 0 Å². The number of nitrogens with zero attached hydrogens (tertiary/aromatic N) is 3. The van der Waals surface area contributed by atoms with Gasteiger partial charge in [-0.25, -0.2) is 0 Å². The van der Waals surface area contributed by atoms with E-state index in [9.17, 15) is 4.79 Å². The average Bonchev–Trinajstić information content (AvgIpc) is 2.95. The molecule has 0 spiro atoms. The molecule has 1 aliphatic heterocycles. The first kappa shape index (κ1) is 14.9. The van der Waals surface area contributed by atoms with Gasteiger partial charge in [-0.15, -0.1) is 0 Å². The van der Waals surface area contributed by atoms with Crippen molar-refractivity contribution in [3.8, 4) is 0 Å². The number of hydrogen-bond acceptors (Lipinski definition) is 6. The molecule has 0 unspecified atom stereocenters. The number of likely N-dealkylation sites (tertiary alicyclic amines) is 1. The van der Waals surface area contributed by atoms with Gasteiger partial charge in [0.25, 0.3) is 5.89 Å². The Morgan fingerprint density at radius 3 is 2.85 bits per heavy atom. The molecule has 1 atom stereocenters. The molecule has 1 aromatic rings. The summed E-state index contributed by atoms with van der Waals surface area (Å²) in [4.78, 5) is 18.2. The predicted molar refractivity (Wildman–Crippen MR) is 71.8 cm³/mol. The topological polar surface area (TPSA) is 91.5 Å². The molecule has 0 aliphatic carbocycles. The van der Waals surface area contributed by atoms with Crippen LogP contribution in [0.1, 0.15) is 37.9 Å². The van der Waals surface area contributed by atoms with Gasteiger partial charge in [0.2, 0.25) is 5.91 Å². The Morgan fingerprint density at radius 1 is 1.45 bits per heavy atom. The molecule has 0 radical (unpaired) electrons. The number of aliphatic hydroxyl groups excluding tert-OH is 1. The van der Waals surface area contributed by atoms with Gasteiger partial charge in [-0.2, -0.15) is 4.98 Å². The minimum absolute atomic E-state index is 0.0396. The second-order valence-electron chi connectivity index (χ2n) is 5.08. The number of hydrogen-bond donors (Lipinski definition) is 2. The molecule has 0 bridgehead atoms. The molecule has 1 aromatic heterocycles. The van der Waals surface area contributed by atoms with Gasteiger partial charge in [0.05, 0.1) is 6.04 Å². The van der Waals surface area contributed by atoms with Crippen molar-refractivity contribution in [3.05, 3.63) is 11.7 Å². The predicted octanol–water partition coefficient (Wildman–Crippen LogP) is 0.0950. The zero-order valence-corrected chi connectivity index (χ0v) is 11.8. The van der Waals surface area contributed by atoms with Crippen LogP contribution in [0.5, 0.6) is 0 Å². The van der Waals surface area contributed by atoms with Gasteiger partial charge in [-0.05, 0) is 32.9 Å². The normalized spacial score (nSPS) is 17.9. The third kappa shape index (κ3) is 4.01. The van der Waals surface area contributed by atoms with E-state index in [0.29, 0.717) is 18.8 Å². The van der Waals surface area contributed by atoms with Gasteiger partial charge in [0.15, 0.2) is 5.82 Å². The molecule has 7 nitrogen and oxygen atoms in total. The number of aromatic nitrogens is 2.